The molecule has 1 heterocycles. The molecule has 0 radical (unpaired) electrons. The number of hydrogen-bond acceptors (Lipinski definition) is 2. The van der Waals surface area contributed by atoms with Crippen LogP contribution in [-0.2, 0) is 4.79 Å². The van der Waals surface area contributed by atoms with Crippen LogP contribution in [0.1, 0.15) is 24.8 Å². The molecule has 1 aliphatic rings. The normalized spacial score (nSPS) is 16.4. The van der Waals surface area contributed by atoms with E-state index in [9.17, 15) is 13.6 Å². The first-order valence-electron chi connectivity index (χ1n) is 6.51. The van der Waals surface area contributed by atoms with Gasteiger partial charge in [0.25, 0.3) is 0 Å². The molecule has 3 nitrogen and oxygen atoms in total. The average Bonchev–Trinajstić information content (AvgIpc) is 2.39. The van der Waals surface area contributed by atoms with Gasteiger partial charge in [0.1, 0.15) is 11.6 Å². The second-order valence-electron chi connectivity index (χ2n) is 4.90. The number of hydrogen-bond donors (Lipinski definition) is 1. The van der Waals surface area contributed by atoms with Crippen LogP contribution < -0.4 is 5.32 Å². The van der Waals surface area contributed by atoms with Crippen molar-refractivity contribution in [2.75, 3.05) is 26.2 Å². The molecule has 1 aromatic rings. The standard InChI is InChI=1S/C14H18F2N2O.ClH/c1-10(12-3-2-11(15)9-13(12)16)8-14(19)18-6-4-17-5-7-18;/h2-3,9-10,17H,4-8H2,1H3;1H. The van der Waals surface area contributed by atoms with Crippen molar-refractivity contribution < 1.29 is 13.6 Å². The third kappa shape index (κ3) is 4.15. The zero-order valence-corrected chi connectivity index (χ0v) is 12.2. The third-order valence-corrected chi connectivity index (χ3v) is 3.44. The smallest absolute Gasteiger partial charge is 0.223 e. The molecule has 2 rings (SSSR count). The zero-order chi connectivity index (χ0) is 13.8. The van der Waals surface area contributed by atoms with E-state index in [1.165, 1.54) is 12.1 Å². The topological polar surface area (TPSA) is 32.3 Å². The van der Waals surface area contributed by atoms with Crippen molar-refractivity contribution in [1.82, 2.24) is 10.2 Å². The van der Waals surface area contributed by atoms with Gasteiger partial charge in [-0.3, -0.25) is 4.79 Å². The van der Waals surface area contributed by atoms with Crippen LogP contribution in [0, 0.1) is 11.6 Å². The molecule has 1 fully saturated rings. The summed E-state index contributed by atoms with van der Waals surface area (Å²) in [6, 6.07) is 3.51. The van der Waals surface area contributed by atoms with Gasteiger partial charge in [-0.25, -0.2) is 8.78 Å². The van der Waals surface area contributed by atoms with Crippen molar-refractivity contribution in [3.63, 3.8) is 0 Å². The zero-order valence-electron chi connectivity index (χ0n) is 11.4. The quantitative estimate of drug-likeness (QED) is 0.929. The van der Waals surface area contributed by atoms with E-state index in [4.69, 9.17) is 0 Å². The van der Waals surface area contributed by atoms with E-state index in [1.54, 1.807) is 11.8 Å². The molecule has 0 aromatic heterocycles. The molecule has 0 aliphatic carbocycles. The van der Waals surface area contributed by atoms with Crippen molar-refractivity contribution in [2.24, 2.45) is 0 Å². The summed E-state index contributed by atoms with van der Waals surface area (Å²) in [5.74, 6) is -1.40. The Morgan fingerprint density at radius 3 is 2.60 bits per heavy atom. The van der Waals surface area contributed by atoms with E-state index in [2.05, 4.69) is 5.32 Å². The molecule has 1 unspecified atom stereocenters. The summed E-state index contributed by atoms with van der Waals surface area (Å²) in [6.07, 6.45) is 0.253. The minimum atomic E-state index is -0.595. The molecule has 112 valence electrons. The van der Waals surface area contributed by atoms with Crippen molar-refractivity contribution >= 4 is 18.3 Å². The minimum absolute atomic E-state index is 0. The summed E-state index contributed by atoms with van der Waals surface area (Å²) in [7, 11) is 0. The number of nitrogens with one attached hydrogen (secondary N) is 1. The van der Waals surface area contributed by atoms with Crippen LogP contribution >= 0.6 is 12.4 Å². The van der Waals surface area contributed by atoms with E-state index >= 15 is 0 Å². The number of carbonyl (C=O) groups is 1. The average molecular weight is 305 g/mol. The first kappa shape index (κ1) is 16.9. The summed E-state index contributed by atoms with van der Waals surface area (Å²) >= 11 is 0. The van der Waals surface area contributed by atoms with Crippen molar-refractivity contribution in [3.05, 3.63) is 35.4 Å². The highest BCUT2D eigenvalue weighted by atomic mass is 35.5. The summed E-state index contributed by atoms with van der Waals surface area (Å²) in [4.78, 5) is 13.8. The Morgan fingerprint density at radius 2 is 2.00 bits per heavy atom. The molecule has 1 aromatic carbocycles. The number of carbonyl (C=O) groups excluding carboxylic acids is 1. The molecule has 0 saturated carbocycles. The largest absolute Gasteiger partial charge is 0.340 e. The number of benzene rings is 1. The third-order valence-electron chi connectivity index (χ3n) is 3.44. The molecule has 1 N–H and O–H groups in total. The molecule has 1 atom stereocenters. The van der Waals surface area contributed by atoms with E-state index in [-0.39, 0.29) is 30.7 Å². The molecule has 1 saturated heterocycles. The van der Waals surface area contributed by atoms with Crippen LogP contribution in [0.4, 0.5) is 8.78 Å². The SMILES string of the molecule is CC(CC(=O)N1CCNCC1)c1ccc(F)cc1F.Cl. The van der Waals surface area contributed by atoms with Crippen molar-refractivity contribution in [2.45, 2.75) is 19.3 Å². The van der Waals surface area contributed by atoms with Gasteiger partial charge in [-0.15, -0.1) is 12.4 Å². The summed E-state index contributed by atoms with van der Waals surface area (Å²) in [6.45, 7) is 4.77. The molecular weight excluding hydrogens is 286 g/mol. The van der Waals surface area contributed by atoms with Gasteiger partial charge in [-0.2, -0.15) is 0 Å². The molecule has 1 aliphatic heterocycles. The van der Waals surface area contributed by atoms with E-state index in [0.29, 0.717) is 18.7 Å². The molecule has 20 heavy (non-hydrogen) atoms. The fourth-order valence-electron chi connectivity index (χ4n) is 2.32. The predicted molar refractivity (Wildman–Crippen MR) is 76.1 cm³/mol. The maximum atomic E-state index is 13.6. The fraction of sp³-hybridized carbons (Fsp3) is 0.500. The fourth-order valence-corrected chi connectivity index (χ4v) is 2.32. The number of piperazine rings is 1. The van der Waals surface area contributed by atoms with Gasteiger partial charge < -0.3 is 10.2 Å². The van der Waals surface area contributed by atoms with Gasteiger partial charge in [0.2, 0.25) is 5.91 Å². The lowest BCUT2D eigenvalue weighted by Crippen LogP contribution is -2.46. The lowest BCUT2D eigenvalue weighted by molar-refractivity contribution is -0.132. The number of halogens is 3. The van der Waals surface area contributed by atoms with Crippen LogP contribution in [0.2, 0.25) is 0 Å². The molecule has 0 spiro atoms. The second-order valence-corrected chi connectivity index (χ2v) is 4.90. The molecule has 6 heteroatoms. The predicted octanol–water partition coefficient (Wildman–Crippen LogP) is 2.31. The first-order chi connectivity index (χ1) is 9.08. The lowest BCUT2D eigenvalue weighted by Gasteiger charge is -2.28. The summed E-state index contributed by atoms with van der Waals surface area (Å²) in [5.41, 5.74) is 0.393. The molecular formula is C14H19ClF2N2O. The second kappa shape index (κ2) is 7.55. The lowest BCUT2D eigenvalue weighted by atomic mass is 9.96. The highest BCUT2D eigenvalue weighted by molar-refractivity contribution is 5.85. The molecule has 1 amide bonds. The summed E-state index contributed by atoms with van der Waals surface area (Å²) < 4.78 is 26.5. The van der Waals surface area contributed by atoms with E-state index in [1.807, 2.05) is 0 Å². The van der Waals surface area contributed by atoms with Gasteiger partial charge in [0.15, 0.2) is 0 Å². The number of amides is 1. The van der Waals surface area contributed by atoms with E-state index in [0.717, 1.165) is 19.2 Å². The highest BCUT2D eigenvalue weighted by Crippen LogP contribution is 2.23. The number of rotatable bonds is 3. The maximum Gasteiger partial charge on any atom is 0.223 e. The summed E-state index contributed by atoms with van der Waals surface area (Å²) in [5, 5.41) is 3.17. The Hall–Kier alpha value is -1.20. The van der Waals surface area contributed by atoms with Crippen molar-refractivity contribution in [1.29, 1.82) is 0 Å². The van der Waals surface area contributed by atoms with Gasteiger partial charge in [0.05, 0.1) is 0 Å². The van der Waals surface area contributed by atoms with Gasteiger partial charge in [-0.1, -0.05) is 13.0 Å². The van der Waals surface area contributed by atoms with Gasteiger partial charge in [0, 0.05) is 38.7 Å². The van der Waals surface area contributed by atoms with Crippen LogP contribution in [0.25, 0.3) is 0 Å². The highest BCUT2D eigenvalue weighted by Gasteiger charge is 2.21. The van der Waals surface area contributed by atoms with Crippen LogP contribution in [0.5, 0.6) is 0 Å². The van der Waals surface area contributed by atoms with E-state index < -0.39 is 11.6 Å². The minimum Gasteiger partial charge on any atom is -0.340 e. The Balaban J connectivity index is 0.00000200. The monoisotopic (exact) mass is 304 g/mol. The first-order valence-corrected chi connectivity index (χ1v) is 6.51. The van der Waals surface area contributed by atoms with Crippen molar-refractivity contribution in [3.8, 4) is 0 Å². The Labute approximate surface area is 123 Å². The van der Waals surface area contributed by atoms with Crippen LogP contribution in [0.3, 0.4) is 0 Å². The van der Waals surface area contributed by atoms with Gasteiger partial charge >= 0.3 is 0 Å². The Kier molecular flexibility index (Phi) is 6.36. The van der Waals surface area contributed by atoms with Gasteiger partial charge in [-0.05, 0) is 17.5 Å². The molecule has 0 bridgehead atoms. The Bertz CT molecular complexity index is 464. The van der Waals surface area contributed by atoms with Crippen LogP contribution in [-0.4, -0.2) is 37.0 Å². The van der Waals surface area contributed by atoms with Crippen LogP contribution in [0.15, 0.2) is 18.2 Å². The number of nitrogens with zero attached hydrogens (tertiary/aromatic N) is 1. The Morgan fingerprint density at radius 1 is 1.35 bits per heavy atom. The maximum absolute atomic E-state index is 13.6.